The number of allylic oxidation sites excluding steroid dienone is 9. The molecule has 0 nitrogen and oxygen atoms in total. The topological polar surface area (TPSA) is 0 Å². The summed E-state index contributed by atoms with van der Waals surface area (Å²) in [6.07, 6.45) is 14.0. The average molecular weight is 519 g/mol. The highest BCUT2D eigenvalue weighted by molar-refractivity contribution is 5.99. The molecule has 2 aliphatic carbocycles. The highest BCUT2D eigenvalue weighted by Gasteiger charge is 2.47. The van der Waals surface area contributed by atoms with Crippen LogP contribution in [0.25, 0.3) is 16.3 Å². The van der Waals surface area contributed by atoms with Crippen LogP contribution in [0.5, 0.6) is 0 Å². The van der Waals surface area contributed by atoms with Crippen molar-refractivity contribution in [3.8, 4) is 0 Å². The third-order valence-electron chi connectivity index (χ3n) is 8.72. The summed E-state index contributed by atoms with van der Waals surface area (Å²) in [6.45, 7) is 13.4. The number of rotatable bonds is 4. The number of hydrogen-bond donors (Lipinski definition) is 0. The minimum Gasteiger partial charge on any atom is -0.0918 e. The summed E-state index contributed by atoms with van der Waals surface area (Å²) in [5.41, 5.74) is 11.4. The van der Waals surface area contributed by atoms with Crippen LogP contribution in [0, 0.1) is 0 Å². The van der Waals surface area contributed by atoms with Crippen molar-refractivity contribution in [3.63, 3.8) is 0 Å². The molecule has 4 aromatic rings. The number of hydrogen-bond acceptors (Lipinski definition) is 0. The van der Waals surface area contributed by atoms with Gasteiger partial charge in [0.25, 0.3) is 0 Å². The summed E-state index contributed by atoms with van der Waals surface area (Å²) < 4.78 is 0. The van der Waals surface area contributed by atoms with Crippen LogP contribution in [0.15, 0.2) is 139 Å². The summed E-state index contributed by atoms with van der Waals surface area (Å²) in [5, 5.41) is 2.59. The lowest BCUT2D eigenvalue weighted by molar-refractivity contribution is 0.761. The van der Waals surface area contributed by atoms with Gasteiger partial charge >= 0.3 is 0 Å². The largest absolute Gasteiger partial charge is 0.0918 e. The van der Waals surface area contributed by atoms with Gasteiger partial charge in [-0.3, -0.25) is 0 Å². The van der Waals surface area contributed by atoms with E-state index in [1.54, 1.807) is 0 Å². The second kappa shape index (κ2) is 10.4. The lowest BCUT2D eigenvalue weighted by atomic mass is 9.65. The SMILES string of the molecule is C=C1/C=C\C=C/CC2=C(/C=C\1)C(c1ccc(C(C)C)cc1)(c1ccc(C(C)C)cc1)c1c2ccc2ccccc12. The molecule has 0 fully saturated rings. The van der Waals surface area contributed by atoms with E-state index in [9.17, 15) is 0 Å². The molecular weight excluding hydrogens is 480 g/mol. The molecule has 4 aromatic carbocycles. The molecule has 40 heavy (non-hydrogen) atoms. The highest BCUT2D eigenvalue weighted by atomic mass is 14.5. The smallest absolute Gasteiger partial charge is 0.0716 e. The molecule has 0 N–H and O–H groups in total. The molecule has 0 saturated carbocycles. The van der Waals surface area contributed by atoms with Crippen LogP contribution >= 0.6 is 0 Å². The first-order valence-electron chi connectivity index (χ1n) is 14.6. The molecule has 0 aliphatic heterocycles. The molecule has 2 aliphatic rings. The predicted octanol–water partition coefficient (Wildman–Crippen LogP) is 10.8. The molecule has 0 amide bonds. The Morgan fingerprint density at radius 2 is 1.27 bits per heavy atom. The Labute approximate surface area is 239 Å². The zero-order valence-electron chi connectivity index (χ0n) is 24.1. The third-order valence-corrected chi connectivity index (χ3v) is 8.72. The van der Waals surface area contributed by atoms with E-state index in [4.69, 9.17) is 0 Å². The van der Waals surface area contributed by atoms with Crippen molar-refractivity contribution in [2.75, 3.05) is 0 Å². The zero-order chi connectivity index (χ0) is 27.9. The molecule has 0 bridgehead atoms. The Kier molecular flexibility index (Phi) is 6.80. The summed E-state index contributed by atoms with van der Waals surface area (Å²) in [4.78, 5) is 0. The Hall–Kier alpha value is -4.16. The van der Waals surface area contributed by atoms with E-state index in [2.05, 4.69) is 156 Å². The monoisotopic (exact) mass is 518 g/mol. The standard InChI is InChI=1S/C40H38/c1-27(2)30-16-21-33(22-17-30)40(34-23-18-31(19-24-34)28(3)4)38-26-15-29(5)11-7-6-8-14-36(38)37-25-20-32-12-9-10-13-35(32)39(37)40/h6-13,15-28H,5,14H2,1-4H3/b8-6-,11-7-,26-15-. The number of fused-ring (bicyclic) bond motifs is 4. The van der Waals surface area contributed by atoms with Crippen molar-refractivity contribution in [1.82, 2.24) is 0 Å². The van der Waals surface area contributed by atoms with Gasteiger partial charge in [0, 0.05) is 0 Å². The molecule has 0 saturated heterocycles. The van der Waals surface area contributed by atoms with Gasteiger partial charge in [-0.1, -0.05) is 156 Å². The fourth-order valence-electron chi connectivity index (χ4n) is 6.57. The molecule has 6 rings (SSSR count). The van der Waals surface area contributed by atoms with Gasteiger partial charge in [0.1, 0.15) is 0 Å². The average Bonchev–Trinajstić information content (AvgIpc) is 3.26. The third kappa shape index (κ3) is 4.23. The molecule has 0 atom stereocenters. The van der Waals surface area contributed by atoms with E-state index in [0.29, 0.717) is 11.8 Å². The van der Waals surface area contributed by atoms with Gasteiger partial charge in [0.2, 0.25) is 0 Å². The van der Waals surface area contributed by atoms with E-state index in [1.165, 1.54) is 55.3 Å². The minimum absolute atomic E-state index is 0.454. The molecule has 0 heteroatoms. The van der Waals surface area contributed by atoms with E-state index in [-0.39, 0.29) is 0 Å². The molecule has 0 heterocycles. The molecule has 0 unspecified atom stereocenters. The maximum Gasteiger partial charge on any atom is 0.0716 e. The van der Waals surface area contributed by atoms with E-state index in [0.717, 1.165) is 12.0 Å². The van der Waals surface area contributed by atoms with Gasteiger partial charge in [0.15, 0.2) is 0 Å². The molecular formula is C40H38. The van der Waals surface area contributed by atoms with Crippen molar-refractivity contribution < 1.29 is 0 Å². The first-order valence-corrected chi connectivity index (χ1v) is 14.6. The van der Waals surface area contributed by atoms with Gasteiger partial charge in [-0.15, -0.1) is 0 Å². The molecule has 0 aromatic heterocycles. The van der Waals surface area contributed by atoms with Crippen LogP contribution in [0.2, 0.25) is 0 Å². The first-order chi connectivity index (χ1) is 19.4. The molecule has 0 radical (unpaired) electrons. The van der Waals surface area contributed by atoms with E-state index < -0.39 is 5.41 Å². The maximum atomic E-state index is 4.33. The van der Waals surface area contributed by atoms with Gasteiger partial charge in [0.05, 0.1) is 5.41 Å². The summed E-state index contributed by atoms with van der Waals surface area (Å²) >= 11 is 0. The Bertz CT molecular complexity index is 1650. The van der Waals surface area contributed by atoms with Gasteiger partial charge < -0.3 is 0 Å². The zero-order valence-corrected chi connectivity index (χ0v) is 24.1. The van der Waals surface area contributed by atoms with Crippen LogP contribution in [0.3, 0.4) is 0 Å². The first kappa shape index (κ1) is 26.1. The summed E-state index contributed by atoms with van der Waals surface area (Å²) in [6, 6.07) is 32.4. The maximum absolute atomic E-state index is 4.33. The van der Waals surface area contributed by atoms with Crippen molar-refractivity contribution in [3.05, 3.63) is 172 Å². The molecule has 0 spiro atoms. The van der Waals surface area contributed by atoms with E-state index >= 15 is 0 Å². The summed E-state index contributed by atoms with van der Waals surface area (Å²) in [5.74, 6) is 0.964. The second-order valence-electron chi connectivity index (χ2n) is 11.8. The Balaban J connectivity index is 1.77. The van der Waals surface area contributed by atoms with Crippen LogP contribution in [0.1, 0.15) is 79.3 Å². The van der Waals surface area contributed by atoms with Gasteiger partial charge in [-0.2, -0.15) is 0 Å². The van der Waals surface area contributed by atoms with Gasteiger partial charge in [-0.05, 0) is 79.1 Å². The Morgan fingerprint density at radius 3 is 1.90 bits per heavy atom. The second-order valence-corrected chi connectivity index (χ2v) is 11.8. The minimum atomic E-state index is -0.454. The fourth-order valence-corrected chi connectivity index (χ4v) is 6.57. The van der Waals surface area contributed by atoms with Crippen molar-refractivity contribution in [2.24, 2.45) is 0 Å². The van der Waals surface area contributed by atoms with Crippen molar-refractivity contribution >= 4 is 16.3 Å². The van der Waals surface area contributed by atoms with E-state index in [1.807, 2.05) is 0 Å². The molecule has 198 valence electrons. The lowest BCUT2D eigenvalue weighted by Gasteiger charge is -2.36. The normalized spacial score (nSPS) is 18.6. The fraction of sp³-hybridized carbons (Fsp3) is 0.200. The lowest BCUT2D eigenvalue weighted by Crippen LogP contribution is -2.30. The van der Waals surface area contributed by atoms with Crippen LogP contribution in [0.4, 0.5) is 0 Å². The number of benzene rings is 4. The quantitative estimate of drug-likeness (QED) is 0.252. The van der Waals surface area contributed by atoms with Crippen LogP contribution < -0.4 is 0 Å². The predicted molar refractivity (Wildman–Crippen MR) is 173 cm³/mol. The van der Waals surface area contributed by atoms with Crippen molar-refractivity contribution in [2.45, 2.75) is 51.4 Å². The van der Waals surface area contributed by atoms with Crippen molar-refractivity contribution in [1.29, 1.82) is 0 Å². The Morgan fingerprint density at radius 1 is 0.650 bits per heavy atom. The highest BCUT2D eigenvalue weighted by Crippen LogP contribution is 2.58. The van der Waals surface area contributed by atoms with Gasteiger partial charge in [-0.25, -0.2) is 0 Å². The van der Waals surface area contributed by atoms with Crippen LogP contribution in [-0.2, 0) is 5.41 Å². The summed E-state index contributed by atoms with van der Waals surface area (Å²) in [7, 11) is 0. The van der Waals surface area contributed by atoms with Crippen LogP contribution in [-0.4, -0.2) is 0 Å².